The fourth-order valence-electron chi connectivity index (χ4n) is 3.50. The summed E-state index contributed by atoms with van der Waals surface area (Å²) < 4.78 is 0. The zero-order valence-electron chi connectivity index (χ0n) is 14.7. The van der Waals surface area contributed by atoms with Gasteiger partial charge in [-0.2, -0.15) is 0 Å². The number of rotatable bonds is 6. The third-order valence-corrected chi connectivity index (χ3v) is 4.96. The third-order valence-electron chi connectivity index (χ3n) is 4.96. The Bertz CT molecular complexity index is 578. The minimum absolute atomic E-state index is 0.360. The van der Waals surface area contributed by atoms with E-state index in [0.717, 1.165) is 12.8 Å². The molecule has 2 heteroatoms. The van der Waals surface area contributed by atoms with Crippen LogP contribution in [0.2, 0.25) is 0 Å². The molecule has 2 N–H and O–H groups in total. The van der Waals surface area contributed by atoms with Crippen LogP contribution in [0.15, 0.2) is 72.8 Å². The molecule has 0 aromatic heterocycles. The van der Waals surface area contributed by atoms with Gasteiger partial charge in [0.1, 0.15) is 0 Å². The molecule has 0 radical (unpaired) electrons. The molecule has 4 atom stereocenters. The topological polar surface area (TPSA) is 24.1 Å². The summed E-state index contributed by atoms with van der Waals surface area (Å²) in [4.78, 5) is 0. The van der Waals surface area contributed by atoms with Crippen LogP contribution >= 0.6 is 0 Å². The Kier molecular flexibility index (Phi) is 5.84. The number of hydrogen-bond acceptors (Lipinski definition) is 2. The Morgan fingerprint density at radius 1 is 0.667 bits per heavy atom. The summed E-state index contributed by atoms with van der Waals surface area (Å²) in [6, 6.07) is 23.0. The van der Waals surface area contributed by atoms with Crippen molar-refractivity contribution in [1.29, 1.82) is 0 Å². The van der Waals surface area contributed by atoms with Crippen molar-refractivity contribution in [2.75, 3.05) is 0 Å². The molecule has 1 aliphatic rings. The lowest BCUT2D eigenvalue weighted by molar-refractivity contribution is 0.315. The molecule has 2 unspecified atom stereocenters. The molecule has 0 heterocycles. The lowest BCUT2D eigenvalue weighted by atomic mass is 9.93. The molecule has 2 aromatic carbocycles. The summed E-state index contributed by atoms with van der Waals surface area (Å²) >= 11 is 0. The van der Waals surface area contributed by atoms with Gasteiger partial charge in [0, 0.05) is 24.2 Å². The van der Waals surface area contributed by atoms with E-state index in [4.69, 9.17) is 0 Å². The van der Waals surface area contributed by atoms with Gasteiger partial charge in [-0.15, -0.1) is 0 Å². The Morgan fingerprint density at radius 2 is 1.04 bits per heavy atom. The zero-order valence-corrected chi connectivity index (χ0v) is 14.7. The zero-order chi connectivity index (χ0) is 16.8. The van der Waals surface area contributed by atoms with Crippen LogP contribution in [0.4, 0.5) is 0 Å². The van der Waals surface area contributed by atoms with E-state index < -0.39 is 0 Å². The highest BCUT2D eigenvalue weighted by Gasteiger charge is 2.25. The minimum atomic E-state index is 0.360. The van der Waals surface area contributed by atoms with E-state index in [1.807, 2.05) is 0 Å². The quantitative estimate of drug-likeness (QED) is 0.749. The first-order valence-corrected chi connectivity index (χ1v) is 9.01. The van der Waals surface area contributed by atoms with E-state index in [1.165, 1.54) is 11.1 Å². The molecule has 0 spiro atoms. The predicted molar refractivity (Wildman–Crippen MR) is 102 cm³/mol. The second-order valence-electron chi connectivity index (χ2n) is 6.75. The van der Waals surface area contributed by atoms with Gasteiger partial charge in [-0.1, -0.05) is 72.8 Å². The summed E-state index contributed by atoms with van der Waals surface area (Å²) in [6.07, 6.45) is 6.77. The van der Waals surface area contributed by atoms with Gasteiger partial charge in [-0.3, -0.25) is 0 Å². The highest BCUT2D eigenvalue weighted by atomic mass is 15.1. The van der Waals surface area contributed by atoms with E-state index in [2.05, 4.69) is 97.3 Å². The predicted octanol–water partition coefficient (Wildman–Crippen LogP) is 4.78. The molecule has 2 nitrogen and oxygen atoms in total. The fourth-order valence-corrected chi connectivity index (χ4v) is 3.50. The largest absolute Gasteiger partial charge is 0.306 e. The van der Waals surface area contributed by atoms with E-state index in [-0.39, 0.29) is 0 Å². The van der Waals surface area contributed by atoms with Gasteiger partial charge in [0.25, 0.3) is 0 Å². The minimum Gasteiger partial charge on any atom is -0.306 e. The van der Waals surface area contributed by atoms with E-state index in [0.29, 0.717) is 24.2 Å². The SMILES string of the molecule is CC(NC1CC=CC[C@H]1N[C@@H](C)c1ccccc1)c1ccccc1. The van der Waals surface area contributed by atoms with Crippen molar-refractivity contribution >= 4 is 0 Å². The van der Waals surface area contributed by atoms with Gasteiger partial charge >= 0.3 is 0 Å². The van der Waals surface area contributed by atoms with Crippen molar-refractivity contribution in [3.8, 4) is 0 Å². The molecule has 3 rings (SSSR count). The number of nitrogens with one attached hydrogen (secondary N) is 2. The Hall–Kier alpha value is -1.90. The van der Waals surface area contributed by atoms with Crippen molar-refractivity contribution in [3.63, 3.8) is 0 Å². The van der Waals surface area contributed by atoms with Crippen LogP contribution in [0.3, 0.4) is 0 Å². The van der Waals surface area contributed by atoms with Gasteiger partial charge in [-0.25, -0.2) is 0 Å². The number of benzene rings is 2. The molecular weight excluding hydrogens is 292 g/mol. The van der Waals surface area contributed by atoms with E-state index in [9.17, 15) is 0 Å². The van der Waals surface area contributed by atoms with Crippen molar-refractivity contribution in [1.82, 2.24) is 10.6 Å². The van der Waals surface area contributed by atoms with Crippen LogP contribution in [-0.4, -0.2) is 12.1 Å². The molecule has 0 aliphatic heterocycles. The van der Waals surface area contributed by atoms with Crippen molar-refractivity contribution in [3.05, 3.63) is 83.9 Å². The Balaban J connectivity index is 1.64. The molecule has 0 amide bonds. The second-order valence-corrected chi connectivity index (χ2v) is 6.75. The van der Waals surface area contributed by atoms with Crippen molar-refractivity contribution < 1.29 is 0 Å². The summed E-state index contributed by atoms with van der Waals surface area (Å²) in [5.41, 5.74) is 2.70. The molecule has 1 aliphatic carbocycles. The summed E-state index contributed by atoms with van der Waals surface area (Å²) in [5.74, 6) is 0. The smallest absolute Gasteiger partial charge is 0.0295 e. The second kappa shape index (κ2) is 8.27. The highest BCUT2D eigenvalue weighted by molar-refractivity contribution is 5.20. The molecule has 0 saturated heterocycles. The summed E-state index contributed by atoms with van der Waals surface area (Å²) in [6.45, 7) is 4.51. The number of hydrogen-bond donors (Lipinski definition) is 2. The van der Waals surface area contributed by atoms with Gasteiger partial charge in [0.15, 0.2) is 0 Å². The van der Waals surface area contributed by atoms with E-state index in [1.54, 1.807) is 0 Å². The van der Waals surface area contributed by atoms with Gasteiger partial charge in [0.05, 0.1) is 0 Å². The molecule has 0 saturated carbocycles. The van der Waals surface area contributed by atoms with Gasteiger partial charge < -0.3 is 10.6 Å². The summed E-state index contributed by atoms with van der Waals surface area (Å²) in [7, 11) is 0. The lowest BCUT2D eigenvalue weighted by Crippen LogP contribution is -2.50. The van der Waals surface area contributed by atoms with Crippen LogP contribution in [0.25, 0.3) is 0 Å². The van der Waals surface area contributed by atoms with Crippen LogP contribution in [0.1, 0.15) is 49.9 Å². The molecule has 0 bridgehead atoms. The fraction of sp³-hybridized carbons (Fsp3) is 0.364. The maximum absolute atomic E-state index is 3.83. The maximum Gasteiger partial charge on any atom is 0.0295 e. The summed E-state index contributed by atoms with van der Waals surface area (Å²) in [5, 5.41) is 7.66. The lowest BCUT2D eigenvalue weighted by Gasteiger charge is -2.35. The average molecular weight is 320 g/mol. The molecular formula is C22H28N2. The Morgan fingerprint density at radius 3 is 1.42 bits per heavy atom. The van der Waals surface area contributed by atoms with Crippen LogP contribution in [0.5, 0.6) is 0 Å². The normalized spacial score (nSPS) is 22.9. The molecule has 24 heavy (non-hydrogen) atoms. The monoisotopic (exact) mass is 320 g/mol. The standard InChI is InChI=1S/C22H28N2/c1-17(19-11-5-3-6-12-19)23-21-15-9-10-16-22(21)24-18(2)20-13-7-4-8-14-20/h3-14,17-18,21-24H,15-16H2,1-2H3/t17-,18?,21+,22?/m0/s1. The van der Waals surface area contributed by atoms with Crippen LogP contribution in [-0.2, 0) is 0 Å². The first kappa shape index (κ1) is 16.9. The van der Waals surface area contributed by atoms with E-state index >= 15 is 0 Å². The van der Waals surface area contributed by atoms with Gasteiger partial charge in [0.2, 0.25) is 0 Å². The highest BCUT2D eigenvalue weighted by Crippen LogP contribution is 2.21. The van der Waals surface area contributed by atoms with Crippen LogP contribution < -0.4 is 10.6 Å². The maximum atomic E-state index is 3.83. The van der Waals surface area contributed by atoms with Crippen LogP contribution in [0, 0.1) is 0 Å². The van der Waals surface area contributed by atoms with Crippen molar-refractivity contribution in [2.45, 2.75) is 50.9 Å². The first-order chi connectivity index (χ1) is 11.7. The molecule has 2 aromatic rings. The van der Waals surface area contributed by atoms with Crippen molar-refractivity contribution in [2.24, 2.45) is 0 Å². The molecule has 126 valence electrons. The Labute approximate surface area is 146 Å². The molecule has 0 fully saturated rings. The van der Waals surface area contributed by atoms with Gasteiger partial charge in [-0.05, 0) is 37.8 Å². The third kappa shape index (κ3) is 4.34. The average Bonchev–Trinajstić information content (AvgIpc) is 2.64. The first-order valence-electron chi connectivity index (χ1n) is 9.01.